The highest BCUT2D eigenvalue weighted by molar-refractivity contribution is 8.00. The number of anilines is 1. The summed E-state index contributed by atoms with van der Waals surface area (Å²) in [5.41, 5.74) is 1.92. The number of aromatic nitrogens is 1. The Bertz CT molecular complexity index is 1140. The number of nitrogens with zero attached hydrogens (tertiary/aromatic N) is 2. The first-order valence-electron chi connectivity index (χ1n) is 8.60. The van der Waals surface area contributed by atoms with Crippen LogP contribution in [0, 0.1) is 25.2 Å². The van der Waals surface area contributed by atoms with Crippen molar-refractivity contribution < 1.29 is 18.0 Å². The van der Waals surface area contributed by atoms with Gasteiger partial charge in [0.15, 0.2) is 0 Å². The van der Waals surface area contributed by atoms with Gasteiger partial charge < -0.3 is 5.32 Å². The molecule has 0 atom stereocenters. The van der Waals surface area contributed by atoms with Gasteiger partial charge in [-0.15, -0.1) is 0 Å². The summed E-state index contributed by atoms with van der Waals surface area (Å²) in [4.78, 5) is 16.7. The summed E-state index contributed by atoms with van der Waals surface area (Å²) in [6, 6.07) is 12.4. The molecule has 0 fully saturated rings. The number of hydrogen-bond acceptors (Lipinski definition) is 4. The summed E-state index contributed by atoms with van der Waals surface area (Å²) in [6.45, 7) is 3.92. The van der Waals surface area contributed by atoms with Gasteiger partial charge in [-0.1, -0.05) is 23.9 Å². The number of thioether (sulfide) groups is 1. The van der Waals surface area contributed by atoms with E-state index in [1.807, 2.05) is 26.0 Å². The monoisotopic (exact) mass is 415 g/mol. The zero-order valence-corrected chi connectivity index (χ0v) is 16.4. The van der Waals surface area contributed by atoms with Crippen molar-refractivity contribution in [1.82, 2.24) is 4.98 Å². The van der Waals surface area contributed by atoms with Gasteiger partial charge in [0.05, 0.1) is 28.1 Å². The number of benzene rings is 2. The van der Waals surface area contributed by atoms with Crippen molar-refractivity contribution in [2.24, 2.45) is 0 Å². The average Bonchev–Trinajstić information content (AvgIpc) is 2.66. The van der Waals surface area contributed by atoms with Crippen molar-refractivity contribution in [3.05, 3.63) is 64.7 Å². The van der Waals surface area contributed by atoms with E-state index in [1.165, 1.54) is 18.2 Å². The predicted octanol–water partition coefficient (Wildman–Crippen LogP) is 5.47. The SMILES string of the molecule is Cc1cc2cc(C#N)c(SCC(=O)Nc3ccccc3C(F)(F)F)nc2cc1C. The van der Waals surface area contributed by atoms with E-state index in [0.29, 0.717) is 16.1 Å². The highest BCUT2D eigenvalue weighted by Crippen LogP contribution is 2.34. The molecule has 0 aliphatic heterocycles. The largest absolute Gasteiger partial charge is 0.418 e. The van der Waals surface area contributed by atoms with Crippen molar-refractivity contribution in [3.8, 4) is 6.07 Å². The molecule has 0 unspecified atom stereocenters. The smallest absolute Gasteiger partial charge is 0.325 e. The summed E-state index contributed by atoms with van der Waals surface area (Å²) >= 11 is 1.01. The molecule has 0 saturated carbocycles. The lowest BCUT2D eigenvalue weighted by molar-refractivity contribution is -0.137. The fourth-order valence-electron chi connectivity index (χ4n) is 2.77. The normalized spacial score (nSPS) is 11.3. The molecule has 0 aliphatic carbocycles. The maximum Gasteiger partial charge on any atom is 0.418 e. The minimum Gasteiger partial charge on any atom is -0.325 e. The fraction of sp³-hybridized carbons (Fsp3) is 0.190. The highest BCUT2D eigenvalue weighted by Gasteiger charge is 2.33. The van der Waals surface area contributed by atoms with Crippen molar-refractivity contribution >= 4 is 34.3 Å². The fourth-order valence-corrected chi connectivity index (χ4v) is 3.54. The first kappa shape index (κ1) is 20.7. The number of alkyl halides is 3. The topological polar surface area (TPSA) is 65.8 Å². The molecule has 1 N–H and O–H groups in total. The van der Waals surface area contributed by atoms with Crippen LogP contribution in [0.3, 0.4) is 0 Å². The van der Waals surface area contributed by atoms with Gasteiger partial charge in [-0.2, -0.15) is 18.4 Å². The molecule has 3 rings (SSSR count). The Labute approximate surface area is 169 Å². The molecule has 3 aromatic rings. The molecule has 0 radical (unpaired) electrons. The lowest BCUT2D eigenvalue weighted by atomic mass is 10.1. The van der Waals surface area contributed by atoms with Crippen LogP contribution < -0.4 is 5.32 Å². The summed E-state index contributed by atoms with van der Waals surface area (Å²) < 4.78 is 39.2. The number of pyridine rings is 1. The Morgan fingerprint density at radius 2 is 1.86 bits per heavy atom. The molecule has 8 heteroatoms. The molecule has 1 aromatic heterocycles. The number of aryl methyl sites for hydroxylation is 2. The molecule has 2 aromatic carbocycles. The Morgan fingerprint density at radius 3 is 2.55 bits per heavy atom. The highest BCUT2D eigenvalue weighted by atomic mass is 32.2. The van der Waals surface area contributed by atoms with Gasteiger partial charge >= 0.3 is 6.18 Å². The molecule has 0 bridgehead atoms. The first-order valence-corrected chi connectivity index (χ1v) is 9.58. The van der Waals surface area contributed by atoms with Crippen molar-refractivity contribution in [2.45, 2.75) is 25.0 Å². The maximum atomic E-state index is 13.1. The lowest BCUT2D eigenvalue weighted by Gasteiger charge is -2.13. The Balaban J connectivity index is 1.80. The third kappa shape index (κ3) is 4.69. The molecule has 0 saturated heterocycles. The average molecular weight is 415 g/mol. The van der Waals surface area contributed by atoms with Gasteiger partial charge in [-0.05, 0) is 55.3 Å². The van der Waals surface area contributed by atoms with E-state index in [1.54, 1.807) is 6.07 Å². The van der Waals surface area contributed by atoms with Crippen LogP contribution in [0.25, 0.3) is 10.9 Å². The van der Waals surface area contributed by atoms with Crippen LogP contribution >= 0.6 is 11.8 Å². The van der Waals surface area contributed by atoms with E-state index >= 15 is 0 Å². The minimum absolute atomic E-state index is 0.176. The third-order valence-electron chi connectivity index (χ3n) is 4.36. The molecule has 0 aliphatic rings. The molecular formula is C21H16F3N3OS. The summed E-state index contributed by atoms with van der Waals surface area (Å²) in [6.07, 6.45) is -4.57. The van der Waals surface area contributed by atoms with Gasteiger partial charge in [0.25, 0.3) is 0 Å². The summed E-state index contributed by atoms with van der Waals surface area (Å²) in [5, 5.41) is 12.9. The number of nitrogens with one attached hydrogen (secondary N) is 1. The standard InChI is InChI=1S/C21H16F3N3OS/c1-12-7-14-9-15(10-25)20(27-18(14)8-13(12)2)29-11-19(28)26-17-6-4-3-5-16(17)21(22,23)24/h3-9H,11H2,1-2H3,(H,26,28). The van der Waals surface area contributed by atoms with E-state index in [9.17, 15) is 23.2 Å². The summed E-state index contributed by atoms with van der Waals surface area (Å²) in [5.74, 6) is -0.790. The number of para-hydroxylation sites is 1. The van der Waals surface area contributed by atoms with Crippen LogP contribution in [0.15, 0.2) is 47.5 Å². The molecule has 29 heavy (non-hydrogen) atoms. The quantitative estimate of drug-likeness (QED) is 0.574. The van der Waals surface area contributed by atoms with Crippen LogP contribution in [-0.4, -0.2) is 16.6 Å². The van der Waals surface area contributed by atoms with Crippen LogP contribution in [0.5, 0.6) is 0 Å². The Kier molecular flexibility index (Phi) is 5.80. The number of hydrogen-bond donors (Lipinski definition) is 1. The number of rotatable bonds is 4. The molecular weight excluding hydrogens is 399 g/mol. The van der Waals surface area contributed by atoms with Gasteiger partial charge in [0.1, 0.15) is 11.1 Å². The van der Waals surface area contributed by atoms with Crippen LogP contribution in [-0.2, 0) is 11.0 Å². The summed E-state index contributed by atoms with van der Waals surface area (Å²) in [7, 11) is 0. The predicted molar refractivity (Wildman–Crippen MR) is 107 cm³/mol. The number of halogens is 3. The number of nitriles is 1. The molecule has 148 valence electrons. The second-order valence-electron chi connectivity index (χ2n) is 6.46. The Hall–Kier alpha value is -3.05. The van der Waals surface area contributed by atoms with Crippen LogP contribution in [0.1, 0.15) is 22.3 Å². The first-order chi connectivity index (χ1) is 13.7. The van der Waals surface area contributed by atoms with E-state index < -0.39 is 17.6 Å². The van der Waals surface area contributed by atoms with Gasteiger partial charge in [0.2, 0.25) is 5.91 Å². The minimum atomic E-state index is -4.57. The van der Waals surface area contributed by atoms with E-state index in [-0.39, 0.29) is 11.4 Å². The van der Waals surface area contributed by atoms with Crippen LogP contribution in [0.4, 0.5) is 18.9 Å². The van der Waals surface area contributed by atoms with Gasteiger partial charge in [-0.3, -0.25) is 4.79 Å². The molecule has 4 nitrogen and oxygen atoms in total. The van der Waals surface area contributed by atoms with Gasteiger partial charge in [-0.25, -0.2) is 4.98 Å². The Morgan fingerprint density at radius 1 is 1.17 bits per heavy atom. The number of fused-ring (bicyclic) bond motifs is 1. The second-order valence-corrected chi connectivity index (χ2v) is 7.43. The molecule has 1 amide bonds. The molecule has 1 heterocycles. The van der Waals surface area contributed by atoms with Crippen molar-refractivity contribution in [2.75, 3.05) is 11.1 Å². The lowest BCUT2D eigenvalue weighted by Crippen LogP contribution is -2.18. The van der Waals surface area contributed by atoms with Gasteiger partial charge in [0, 0.05) is 5.39 Å². The van der Waals surface area contributed by atoms with Crippen molar-refractivity contribution in [3.63, 3.8) is 0 Å². The zero-order valence-electron chi connectivity index (χ0n) is 15.6. The maximum absolute atomic E-state index is 13.1. The third-order valence-corrected chi connectivity index (χ3v) is 5.35. The van der Waals surface area contributed by atoms with Crippen molar-refractivity contribution in [1.29, 1.82) is 5.26 Å². The van der Waals surface area contributed by atoms with Crippen LogP contribution in [0.2, 0.25) is 0 Å². The zero-order chi connectivity index (χ0) is 21.2. The molecule has 0 spiro atoms. The van der Waals surface area contributed by atoms with E-state index in [2.05, 4.69) is 16.4 Å². The van der Waals surface area contributed by atoms with E-state index in [0.717, 1.165) is 34.3 Å². The number of amides is 1. The number of carbonyl (C=O) groups excluding carboxylic acids is 1. The number of carbonyl (C=O) groups is 1. The van der Waals surface area contributed by atoms with E-state index in [4.69, 9.17) is 0 Å². The second kappa shape index (κ2) is 8.13.